The van der Waals surface area contributed by atoms with Crippen molar-refractivity contribution < 1.29 is 23.9 Å². The number of anilines is 1. The molecular formula is C22H26N4O5S2. The molecule has 1 saturated carbocycles. The van der Waals surface area contributed by atoms with Gasteiger partial charge in [0.1, 0.15) is 12.1 Å². The molecule has 4 amide bonds. The quantitative estimate of drug-likeness (QED) is 0.432. The number of esters is 1. The van der Waals surface area contributed by atoms with Crippen molar-refractivity contribution in [2.24, 2.45) is 5.92 Å². The van der Waals surface area contributed by atoms with Gasteiger partial charge in [0, 0.05) is 16.7 Å². The predicted molar refractivity (Wildman–Crippen MR) is 124 cm³/mol. The van der Waals surface area contributed by atoms with Gasteiger partial charge in [0.25, 0.3) is 5.91 Å². The second-order valence-electron chi connectivity index (χ2n) is 8.27. The summed E-state index contributed by atoms with van der Waals surface area (Å²) < 4.78 is 4.65. The number of imide groups is 1. The fourth-order valence-corrected chi connectivity index (χ4v) is 5.83. The van der Waals surface area contributed by atoms with E-state index in [1.54, 1.807) is 0 Å². The molecule has 0 bridgehead atoms. The topological polar surface area (TPSA) is 118 Å². The van der Waals surface area contributed by atoms with Crippen LogP contribution in [0.4, 0.5) is 9.93 Å². The van der Waals surface area contributed by atoms with Gasteiger partial charge in [-0.2, -0.15) is 0 Å². The summed E-state index contributed by atoms with van der Waals surface area (Å²) in [6.45, 7) is 0. The van der Waals surface area contributed by atoms with E-state index in [0.717, 1.165) is 53.2 Å². The second kappa shape index (κ2) is 10.4. The molecule has 1 saturated heterocycles. The average Bonchev–Trinajstić information content (AvgIpc) is 3.55. The highest BCUT2D eigenvalue weighted by Crippen LogP contribution is 2.31. The molecule has 0 radical (unpaired) electrons. The lowest BCUT2D eigenvalue weighted by molar-refractivity contribution is -0.134. The second-order valence-corrected chi connectivity index (χ2v) is 10.2. The van der Waals surface area contributed by atoms with Crippen LogP contribution in [0.15, 0.2) is 22.9 Å². The van der Waals surface area contributed by atoms with Crippen molar-refractivity contribution in [1.29, 1.82) is 0 Å². The largest absolute Gasteiger partial charge is 0.464 e. The SMILES string of the molecule is COC(=O)c1csc(NC(=O)C(CC2CCCCC2)N2C(=O)NC(Cc3cccs3)C2=O)n1. The van der Waals surface area contributed by atoms with Gasteiger partial charge in [-0.15, -0.1) is 22.7 Å². The van der Waals surface area contributed by atoms with Gasteiger partial charge in [-0.3, -0.25) is 9.59 Å². The molecule has 2 aliphatic rings. The Bertz CT molecular complexity index is 1020. The Morgan fingerprint density at radius 3 is 2.76 bits per heavy atom. The molecule has 2 fully saturated rings. The number of hydrogen-bond acceptors (Lipinski definition) is 8. The number of nitrogens with one attached hydrogen (secondary N) is 2. The molecule has 1 aliphatic carbocycles. The third-order valence-corrected chi connectivity index (χ3v) is 7.72. The van der Waals surface area contributed by atoms with Crippen molar-refractivity contribution in [2.45, 2.75) is 57.0 Å². The minimum atomic E-state index is -0.945. The number of rotatable bonds is 8. The summed E-state index contributed by atoms with van der Waals surface area (Å²) in [5, 5.41) is 9.07. The average molecular weight is 491 g/mol. The maximum atomic E-state index is 13.3. The van der Waals surface area contributed by atoms with E-state index >= 15 is 0 Å². The van der Waals surface area contributed by atoms with E-state index < -0.39 is 35.9 Å². The molecule has 11 heteroatoms. The van der Waals surface area contributed by atoms with Gasteiger partial charge in [0.05, 0.1) is 7.11 Å². The van der Waals surface area contributed by atoms with Crippen LogP contribution in [0.2, 0.25) is 0 Å². The molecule has 2 aromatic heterocycles. The number of ether oxygens (including phenoxy) is 1. The molecule has 1 aliphatic heterocycles. The third-order valence-electron chi connectivity index (χ3n) is 6.06. The monoisotopic (exact) mass is 490 g/mol. The van der Waals surface area contributed by atoms with E-state index in [0.29, 0.717) is 12.8 Å². The number of thiazole rings is 1. The van der Waals surface area contributed by atoms with Crippen LogP contribution in [-0.4, -0.2) is 52.9 Å². The van der Waals surface area contributed by atoms with Crippen molar-refractivity contribution in [3.63, 3.8) is 0 Å². The van der Waals surface area contributed by atoms with Gasteiger partial charge < -0.3 is 15.4 Å². The van der Waals surface area contributed by atoms with Crippen LogP contribution < -0.4 is 10.6 Å². The number of carbonyl (C=O) groups excluding carboxylic acids is 4. The first-order valence-electron chi connectivity index (χ1n) is 11.0. The number of hydrogen-bond donors (Lipinski definition) is 2. The summed E-state index contributed by atoms with van der Waals surface area (Å²) in [7, 11) is 1.25. The van der Waals surface area contributed by atoms with Crippen molar-refractivity contribution in [3.05, 3.63) is 33.5 Å². The Kier molecular flexibility index (Phi) is 7.39. The molecule has 2 unspecified atom stereocenters. The van der Waals surface area contributed by atoms with E-state index in [4.69, 9.17) is 0 Å². The number of nitrogens with zero attached hydrogens (tertiary/aromatic N) is 2. The molecule has 2 aromatic rings. The van der Waals surface area contributed by atoms with Crippen molar-refractivity contribution in [2.75, 3.05) is 12.4 Å². The number of urea groups is 1. The van der Waals surface area contributed by atoms with Crippen LogP contribution in [0.1, 0.15) is 53.9 Å². The van der Waals surface area contributed by atoms with E-state index in [-0.39, 0.29) is 16.7 Å². The Morgan fingerprint density at radius 1 is 1.27 bits per heavy atom. The molecule has 33 heavy (non-hydrogen) atoms. The van der Waals surface area contributed by atoms with Gasteiger partial charge in [0.2, 0.25) is 5.91 Å². The zero-order valence-electron chi connectivity index (χ0n) is 18.2. The molecule has 2 N–H and O–H groups in total. The number of amides is 4. The number of carbonyl (C=O) groups is 4. The van der Waals surface area contributed by atoms with Crippen LogP contribution in [0.5, 0.6) is 0 Å². The van der Waals surface area contributed by atoms with E-state index in [1.807, 2.05) is 17.5 Å². The zero-order valence-corrected chi connectivity index (χ0v) is 19.9. The lowest BCUT2D eigenvalue weighted by Gasteiger charge is -2.30. The van der Waals surface area contributed by atoms with Gasteiger partial charge >= 0.3 is 12.0 Å². The fraction of sp³-hybridized carbons (Fsp3) is 0.500. The Morgan fingerprint density at radius 2 is 2.06 bits per heavy atom. The van der Waals surface area contributed by atoms with E-state index in [9.17, 15) is 19.2 Å². The first kappa shape index (κ1) is 23.4. The maximum absolute atomic E-state index is 13.3. The van der Waals surface area contributed by atoms with Crippen molar-refractivity contribution >= 4 is 51.6 Å². The van der Waals surface area contributed by atoms with Crippen LogP contribution >= 0.6 is 22.7 Å². The zero-order chi connectivity index (χ0) is 23.4. The summed E-state index contributed by atoms with van der Waals surface area (Å²) in [5.74, 6) is -1.21. The standard InChI is InChI=1S/C22H26N4O5S2/c1-31-20(29)16-12-33-21(23-16)25-18(27)17(10-13-6-3-2-4-7-13)26-19(28)15(24-22(26)30)11-14-8-5-9-32-14/h5,8-9,12-13,15,17H,2-4,6-7,10-11H2,1H3,(H,24,30)(H,23,25,27). The van der Waals surface area contributed by atoms with Crippen LogP contribution in [0, 0.1) is 5.92 Å². The predicted octanol–water partition coefficient (Wildman–Crippen LogP) is 3.43. The third kappa shape index (κ3) is 5.41. The summed E-state index contributed by atoms with van der Waals surface area (Å²) in [4.78, 5) is 57.2. The molecule has 9 nitrogen and oxygen atoms in total. The highest BCUT2D eigenvalue weighted by molar-refractivity contribution is 7.14. The first-order chi connectivity index (χ1) is 16.0. The minimum absolute atomic E-state index is 0.0904. The Balaban J connectivity index is 1.52. The van der Waals surface area contributed by atoms with Crippen molar-refractivity contribution in [3.8, 4) is 0 Å². The fourth-order valence-electron chi connectivity index (χ4n) is 4.40. The number of thiophene rings is 1. The lowest BCUT2D eigenvalue weighted by Crippen LogP contribution is -2.49. The summed E-state index contributed by atoms with van der Waals surface area (Å²) in [6, 6.07) is 1.63. The minimum Gasteiger partial charge on any atom is -0.464 e. The Labute approximate surface area is 199 Å². The maximum Gasteiger partial charge on any atom is 0.357 e. The molecule has 4 rings (SSSR count). The van der Waals surface area contributed by atoms with Gasteiger partial charge in [0.15, 0.2) is 10.8 Å². The lowest BCUT2D eigenvalue weighted by atomic mass is 9.84. The molecule has 0 spiro atoms. The van der Waals surface area contributed by atoms with Crippen molar-refractivity contribution in [1.82, 2.24) is 15.2 Å². The molecule has 0 aromatic carbocycles. The van der Waals surface area contributed by atoms with Crippen LogP contribution in [-0.2, 0) is 20.7 Å². The van der Waals surface area contributed by atoms with Gasteiger partial charge in [-0.05, 0) is 23.8 Å². The summed E-state index contributed by atoms with van der Waals surface area (Å²) in [6.07, 6.45) is 6.06. The Hall–Kier alpha value is -2.79. The molecular weight excluding hydrogens is 464 g/mol. The summed E-state index contributed by atoms with van der Waals surface area (Å²) in [5.41, 5.74) is 0.0904. The van der Waals surface area contributed by atoms with Gasteiger partial charge in [-0.1, -0.05) is 38.2 Å². The smallest absolute Gasteiger partial charge is 0.357 e. The highest BCUT2D eigenvalue weighted by atomic mass is 32.1. The molecule has 176 valence electrons. The molecule has 2 atom stereocenters. The van der Waals surface area contributed by atoms with Crippen LogP contribution in [0.3, 0.4) is 0 Å². The summed E-state index contributed by atoms with van der Waals surface area (Å²) >= 11 is 2.61. The number of aromatic nitrogens is 1. The highest BCUT2D eigenvalue weighted by Gasteiger charge is 2.45. The van der Waals surface area contributed by atoms with E-state index in [1.165, 1.54) is 23.8 Å². The normalized spacial score (nSPS) is 19.9. The molecule has 3 heterocycles. The van der Waals surface area contributed by atoms with E-state index in [2.05, 4.69) is 20.4 Å². The first-order valence-corrected chi connectivity index (χ1v) is 12.7. The van der Waals surface area contributed by atoms with Gasteiger partial charge in [-0.25, -0.2) is 19.5 Å². The van der Waals surface area contributed by atoms with Crippen LogP contribution in [0.25, 0.3) is 0 Å². The number of methoxy groups -OCH3 is 1.